The van der Waals surface area contributed by atoms with Crippen LogP contribution in [0.4, 0.5) is 5.95 Å². The summed E-state index contributed by atoms with van der Waals surface area (Å²) in [6.07, 6.45) is 10.3. The largest absolute Gasteiger partial charge is 0.513 e. The number of H-pyrrole nitrogens is 1. The van der Waals surface area contributed by atoms with Crippen LogP contribution in [0.5, 0.6) is 5.75 Å². The van der Waals surface area contributed by atoms with Crippen LogP contribution in [0.2, 0.25) is 0 Å². The second-order valence-corrected chi connectivity index (χ2v) is 7.55. The lowest BCUT2D eigenvalue weighted by Gasteiger charge is -2.22. The van der Waals surface area contributed by atoms with Gasteiger partial charge in [0.1, 0.15) is 5.75 Å². The van der Waals surface area contributed by atoms with Crippen LogP contribution < -0.4 is 9.64 Å². The number of fused-ring (bicyclic) bond motifs is 1. The fourth-order valence-electron chi connectivity index (χ4n) is 3.41. The Bertz CT molecular complexity index is 949. The summed E-state index contributed by atoms with van der Waals surface area (Å²) in [5.74, 6) is 1.78. The number of allylic oxidation sites excluding steroid dienone is 1. The first-order chi connectivity index (χ1) is 14.6. The molecule has 0 unspecified atom stereocenters. The molecule has 6 heteroatoms. The number of aromatic amines is 1. The molecule has 0 radical (unpaired) electrons. The van der Waals surface area contributed by atoms with Crippen molar-refractivity contribution in [1.82, 2.24) is 15.0 Å². The molecule has 30 heavy (non-hydrogen) atoms. The van der Waals surface area contributed by atoms with Gasteiger partial charge in [-0.05, 0) is 48.6 Å². The number of unbranched alkanes of at least 4 members (excludes halogenated alkanes) is 1. The minimum Gasteiger partial charge on any atom is -0.513 e. The van der Waals surface area contributed by atoms with Crippen molar-refractivity contribution in [3.05, 3.63) is 60.3 Å². The van der Waals surface area contributed by atoms with Gasteiger partial charge in [-0.25, -0.2) is 9.97 Å². The Morgan fingerprint density at radius 2 is 1.93 bits per heavy atom. The number of benzene rings is 1. The molecule has 3 aromatic rings. The zero-order valence-corrected chi connectivity index (χ0v) is 18.0. The molecule has 2 N–H and O–H groups in total. The molecular formula is C24H32N4O2. The van der Waals surface area contributed by atoms with E-state index in [1.807, 2.05) is 36.8 Å². The molecule has 0 saturated heterocycles. The smallest absolute Gasteiger partial charge is 0.225 e. The minimum absolute atomic E-state index is 0.156. The molecule has 6 nitrogen and oxygen atoms in total. The SMILES string of the molecule is C=C(O)Cc1c[nH]c2ccc(OCCCN(CCCC)c3ncc(CC)cn3)cc12. The van der Waals surface area contributed by atoms with Crippen LogP contribution in [-0.2, 0) is 12.8 Å². The number of nitrogens with zero attached hydrogens (tertiary/aromatic N) is 3. The number of anilines is 1. The highest BCUT2D eigenvalue weighted by Gasteiger charge is 2.10. The fourth-order valence-corrected chi connectivity index (χ4v) is 3.41. The zero-order chi connectivity index (χ0) is 21.3. The highest BCUT2D eigenvalue weighted by Crippen LogP contribution is 2.25. The number of aliphatic hydroxyl groups excluding tert-OH is 1. The van der Waals surface area contributed by atoms with E-state index in [9.17, 15) is 5.11 Å². The lowest BCUT2D eigenvalue weighted by Crippen LogP contribution is -2.28. The first-order valence-corrected chi connectivity index (χ1v) is 10.8. The van der Waals surface area contributed by atoms with Crippen LogP contribution in [0.1, 0.15) is 44.2 Å². The standard InChI is InChI=1S/C24H32N4O2/c1-4-6-10-28(24-26-15-19(5-2)16-27-24)11-7-12-30-21-8-9-23-22(14-21)20(17-25-23)13-18(3)29/h8-9,14-17,25,29H,3-7,10-13H2,1-2H3. The first-order valence-electron chi connectivity index (χ1n) is 10.8. The molecule has 0 spiro atoms. The van der Waals surface area contributed by atoms with Gasteiger partial charge in [-0.15, -0.1) is 0 Å². The lowest BCUT2D eigenvalue weighted by molar-refractivity contribution is 0.312. The number of aromatic nitrogens is 3. The van der Waals surface area contributed by atoms with Gasteiger partial charge in [-0.3, -0.25) is 0 Å². The Kier molecular flexibility index (Phi) is 7.71. The molecule has 160 valence electrons. The predicted octanol–water partition coefficient (Wildman–Crippen LogP) is 5.21. The van der Waals surface area contributed by atoms with E-state index < -0.39 is 0 Å². The Morgan fingerprint density at radius 3 is 2.63 bits per heavy atom. The van der Waals surface area contributed by atoms with Crippen molar-refractivity contribution in [1.29, 1.82) is 0 Å². The van der Waals surface area contributed by atoms with Gasteiger partial charge in [0.05, 0.1) is 12.4 Å². The van der Waals surface area contributed by atoms with E-state index in [0.717, 1.165) is 72.5 Å². The maximum absolute atomic E-state index is 9.51. The number of aliphatic hydroxyl groups is 1. The van der Waals surface area contributed by atoms with E-state index in [1.54, 1.807) is 0 Å². The van der Waals surface area contributed by atoms with Gasteiger partial charge in [-0.1, -0.05) is 26.8 Å². The van der Waals surface area contributed by atoms with Gasteiger partial charge in [0.2, 0.25) is 5.95 Å². The minimum atomic E-state index is 0.156. The average molecular weight is 409 g/mol. The Balaban J connectivity index is 1.57. The molecule has 2 aromatic heterocycles. The van der Waals surface area contributed by atoms with Gasteiger partial charge in [0, 0.05) is 49.0 Å². The van der Waals surface area contributed by atoms with Crippen LogP contribution >= 0.6 is 0 Å². The van der Waals surface area contributed by atoms with E-state index in [-0.39, 0.29) is 5.76 Å². The molecule has 0 aliphatic rings. The summed E-state index contributed by atoms with van der Waals surface area (Å²) >= 11 is 0. The van der Waals surface area contributed by atoms with Gasteiger partial charge in [0.25, 0.3) is 0 Å². The molecule has 1 aromatic carbocycles. The van der Waals surface area contributed by atoms with Crippen LogP contribution in [0, 0.1) is 0 Å². The molecule has 2 heterocycles. The summed E-state index contributed by atoms with van der Waals surface area (Å²) in [7, 11) is 0. The predicted molar refractivity (Wildman–Crippen MR) is 122 cm³/mol. The highest BCUT2D eigenvalue weighted by atomic mass is 16.5. The zero-order valence-electron chi connectivity index (χ0n) is 18.0. The molecule has 0 bridgehead atoms. The molecule has 0 fully saturated rings. The van der Waals surface area contributed by atoms with Gasteiger partial charge >= 0.3 is 0 Å². The average Bonchev–Trinajstić information content (AvgIpc) is 3.15. The number of nitrogens with one attached hydrogen (secondary N) is 1. The van der Waals surface area contributed by atoms with Crippen LogP contribution in [0.25, 0.3) is 10.9 Å². The van der Waals surface area contributed by atoms with Crippen LogP contribution in [-0.4, -0.2) is 39.8 Å². The lowest BCUT2D eigenvalue weighted by atomic mass is 10.1. The number of ether oxygens (including phenoxy) is 1. The second-order valence-electron chi connectivity index (χ2n) is 7.55. The third kappa shape index (κ3) is 5.75. The van der Waals surface area contributed by atoms with Crippen LogP contribution in [0.3, 0.4) is 0 Å². The van der Waals surface area contributed by atoms with Crippen molar-refractivity contribution >= 4 is 16.9 Å². The van der Waals surface area contributed by atoms with Crippen molar-refractivity contribution < 1.29 is 9.84 Å². The molecule has 0 saturated carbocycles. The van der Waals surface area contributed by atoms with Gasteiger partial charge < -0.3 is 19.7 Å². The Morgan fingerprint density at radius 1 is 1.17 bits per heavy atom. The molecule has 0 amide bonds. The van der Waals surface area contributed by atoms with E-state index in [2.05, 4.69) is 40.3 Å². The molecular weight excluding hydrogens is 376 g/mol. The van der Waals surface area contributed by atoms with E-state index in [1.165, 1.54) is 0 Å². The number of aryl methyl sites for hydroxylation is 1. The van der Waals surface area contributed by atoms with Gasteiger partial charge in [-0.2, -0.15) is 0 Å². The van der Waals surface area contributed by atoms with Crippen molar-refractivity contribution in [2.45, 2.75) is 46.0 Å². The van der Waals surface area contributed by atoms with E-state index in [4.69, 9.17) is 4.74 Å². The topological polar surface area (TPSA) is 74.3 Å². The monoisotopic (exact) mass is 408 g/mol. The van der Waals surface area contributed by atoms with Crippen molar-refractivity contribution in [2.75, 3.05) is 24.6 Å². The molecule has 0 aliphatic carbocycles. The van der Waals surface area contributed by atoms with Gasteiger partial charge in [0.15, 0.2) is 0 Å². The van der Waals surface area contributed by atoms with Crippen molar-refractivity contribution in [3.8, 4) is 5.75 Å². The number of hydrogen-bond donors (Lipinski definition) is 2. The Labute approximate surface area is 178 Å². The summed E-state index contributed by atoms with van der Waals surface area (Å²) in [4.78, 5) is 14.6. The van der Waals surface area contributed by atoms with E-state index >= 15 is 0 Å². The third-order valence-electron chi connectivity index (χ3n) is 5.14. The third-order valence-corrected chi connectivity index (χ3v) is 5.14. The number of hydrogen-bond acceptors (Lipinski definition) is 5. The van der Waals surface area contributed by atoms with Crippen molar-refractivity contribution in [3.63, 3.8) is 0 Å². The number of rotatable bonds is 12. The highest BCUT2D eigenvalue weighted by molar-refractivity contribution is 5.84. The summed E-state index contributed by atoms with van der Waals surface area (Å²) in [6.45, 7) is 10.3. The summed E-state index contributed by atoms with van der Waals surface area (Å²) < 4.78 is 6.00. The summed E-state index contributed by atoms with van der Waals surface area (Å²) in [5, 5.41) is 10.6. The van der Waals surface area contributed by atoms with Crippen molar-refractivity contribution in [2.24, 2.45) is 0 Å². The molecule has 3 rings (SSSR count). The summed E-state index contributed by atoms with van der Waals surface area (Å²) in [5.41, 5.74) is 3.19. The maximum Gasteiger partial charge on any atom is 0.225 e. The van der Waals surface area contributed by atoms with E-state index in [0.29, 0.717) is 13.0 Å². The second kappa shape index (κ2) is 10.7. The molecule has 0 aliphatic heterocycles. The summed E-state index contributed by atoms with van der Waals surface area (Å²) in [6, 6.07) is 5.99. The Hall–Kier alpha value is -3.02. The quantitative estimate of drug-likeness (QED) is 0.318. The first kappa shape index (κ1) is 21.7. The fraction of sp³-hybridized carbons (Fsp3) is 0.417. The normalized spacial score (nSPS) is 11.0. The van der Waals surface area contributed by atoms with Crippen LogP contribution in [0.15, 0.2) is 49.1 Å². The molecule has 0 atom stereocenters. The maximum atomic E-state index is 9.51.